The minimum atomic E-state index is -2.72. The molecule has 7 heteroatoms. The van der Waals surface area contributed by atoms with Crippen LogP contribution in [0.2, 0.25) is 5.02 Å². The van der Waals surface area contributed by atoms with Gasteiger partial charge in [0.05, 0.1) is 24.2 Å². The summed E-state index contributed by atoms with van der Waals surface area (Å²) in [6.07, 6.45) is -2.89. The minimum absolute atomic E-state index is 0.0888. The number of nitrogens with zero attached hydrogens (tertiary/aromatic N) is 1. The molecule has 3 nitrogen and oxygen atoms in total. The molecule has 0 saturated heterocycles. The number of aromatic nitrogens is 1. The van der Waals surface area contributed by atoms with Crippen LogP contribution in [-0.4, -0.2) is 18.1 Å². The highest BCUT2D eigenvalue weighted by Crippen LogP contribution is 2.32. The maximum atomic E-state index is 12.6. The first kappa shape index (κ1) is 13.3. The predicted octanol–water partition coefficient (Wildman–Crippen LogP) is 3.15. The average Bonchev–Trinajstić information content (AvgIpc) is 2.22. The second-order valence-electron chi connectivity index (χ2n) is 2.86. The topological polar surface area (TPSA) is 39.2 Å². The summed E-state index contributed by atoms with van der Waals surface area (Å²) in [5.41, 5.74) is -0.180. The Bertz CT molecular complexity index is 415. The molecule has 0 aliphatic carbocycles. The van der Waals surface area contributed by atoms with E-state index in [2.05, 4.69) is 25.7 Å². The van der Waals surface area contributed by atoms with Gasteiger partial charge in [0.2, 0.25) is 0 Å². The number of pyridine rings is 1. The number of ether oxygens (including phenoxy) is 1. The summed E-state index contributed by atoms with van der Waals surface area (Å²) in [6, 6.07) is 1.09. The van der Waals surface area contributed by atoms with Crippen LogP contribution < -0.4 is 0 Å². The molecule has 0 atom stereocenters. The molecule has 16 heavy (non-hydrogen) atoms. The number of esters is 1. The Morgan fingerprint density at radius 2 is 2.31 bits per heavy atom. The van der Waals surface area contributed by atoms with Gasteiger partial charge < -0.3 is 4.74 Å². The molecule has 0 fully saturated rings. The summed E-state index contributed by atoms with van der Waals surface area (Å²) in [5.74, 6) is -0.554. The van der Waals surface area contributed by atoms with E-state index in [1.54, 1.807) is 0 Å². The first-order valence-electron chi connectivity index (χ1n) is 4.15. The van der Waals surface area contributed by atoms with Crippen molar-refractivity contribution in [1.82, 2.24) is 4.98 Å². The van der Waals surface area contributed by atoms with Crippen LogP contribution in [0.15, 0.2) is 10.7 Å². The molecule has 1 aromatic heterocycles. The van der Waals surface area contributed by atoms with Crippen molar-refractivity contribution in [3.8, 4) is 0 Å². The molecule has 1 rings (SSSR count). The Morgan fingerprint density at radius 3 is 2.81 bits per heavy atom. The van der Waals surface area contributed by atoms with Crippen LogP contribution in [0.1, 0.15) is 17.7 Å². The van der Waals surface area contributed by atoms with Crippen molar-refractivity contribution in [2.45, 2.75) is 12.8 Å². The number of alkyl halides is 2. The van der Waals surface area contributed by atoms with Crippen LogP contribution in [0.25, 0.3) is 0 Å². The fraction of sp³-hybridized carbons (Fsp3) is 0.333. The fourth-order valence-corrected chi connectivity index (χ4v) is 1.67. The zero-order valence-electron chi connectivity index (χ0n) is 8.14. The summed E-state index contributed by atoms with van der Waals surface area (Å²) >= 11 is 8.57. The maximum absolute atomic E-state index is 12.6. The molecule has 0 unspecified atom stereocenters. The molecule has 1 heterocycles. The number of carbonyl (C=O) groups excluding carboxylic acids is 1. The van der Waals surface area contributed by atoms with Gasteiger partial charge in [0.15, 0.2) is 0 Å². The quantitative estimate of drug-likeness (QED) is 0.635. The summed E-state index contributed by atoms with van der Waals surface area (Å²) in [7, 11) is 1.21. The van der Waals surface area contributed by atoms with Gasteiger partial charge in [-0.25, -0.2) is 13.8 Å². The monoisotopic (exact) mass is 313 g/mol. The van der Waals surface area contributed by atoms with E-state index in [-0.39, 0.29) is 27.3 Å². The lowest BCUT2D eigenvalue weighted by molar-refractivity contribution is -0.139. The number of rotatable bonds is 3. The van der Waals surface area contributed by atoms with Gasteiger partial charge in [-0.05, 0) is 22.0 Å². The van der Waals surface area contributed by atoms with Crippen LogP contribution in [0.4, 0.5) is 8.78 Å². The zero-order chi connectivity index (χ0) is 12.3. The Hall–Kier alpha value is -0.750. The van der Waals surface area contributed by atoms with Crippen molar-refractivity contribution in [2.24, 2.45) is 0 Å². The van der Waals surface area contributed by atoms with Crippen molar-refractivity contribution in [3.63, 3.8) is 0 Å². The molecular weight excluding hydrogens is 307 g/mol. The maximum Gasteiger partial charge on any atom is 0.311 e. The third-order valence-corrected chi connectivity index (χ3v) is 2.99. The predicted molar refractivity (Wildman–Crippen MR) is 57.6 cm³/mol. The van der Waals surface area contributed by atoms with E-state index in [0.717, 1.165) is 6.07 Å². The van der Waals surface area contributed by atoms with Gasteiger partial charge in [-0.15, -0.1) is 0 Å². The van der Waals surface area contributed by atoms with Gasteiger partial charge in [-0.2, -0.15) is 0 Å². The number of methoxy groups -OCH3 is 1. The van der Waals surface area contributed by atoms with E-state index < -0.39 is 12.4 Å². The van der Waals surface area contributed by atoms with E-state index in [9.17, 15) is 13.6 Å². The highest BCUT2D eigenvalue weighted by molar-refractivity contribution is 9.10. The van der Waals surface area contributed by atoms with Gasteiger partial charge in [0, 0.05) is 5.56 Å². The first-order chi connectivity index (χ1) is 7.45. The first-order valence-corrected chi connectivity index (χ1v) is 5.32. The molecule has 0 aromatic carbocycles. The molecule has 0 spiro atoms. The summed E-state index contributed by atoms with van der Waals surface area (Å²) in [4.78, 5) is 14.8. The highest BCUT2D eigenvalue weighted by Gasteiger charge is 2.18. The van der Waals surface area contributed by atoms with Crippen molar-refractivity contribution < 1.29 is 18.3 Å². The van der Waals surface area contributed by atoms with Gasteiger partial charge in [-0.1, -0.05) is 11.6 Å². The zero-order valence-corrected chi connectivity index (χ0v) is 10.5. The lowest BCUT2D eigenvalue weighted by Crippen LogP contribution is -2.07. The molecule has 0 aliphatic rings. The van der Waals surface area contributed by atoms with E-state index in [0.29, 0.717) is 0 Å². The largest absolute Gasteiger partial charge is 0.469 e. The van der Waals surface area contributed by atoms with Crippen molar-refractivity contribution in [2.75, 3.05) is 7.11 Å². The third-order valence-electron chi connectivity index (χ3n) is 1.79. The molecule has 0 radical (unpaired) electrons. The number of halogens is 4. The number of hydrogen-bond donors (Lipinski definition) is 0. The van der Waals surface area contributed by atoms with Crippen LogP contribution in [0, 0.1) is 0 Å². The third kappa shape index (κ3) is 3.12. The number of hydrogen-bond acceptors (Lipinski definition) is 3. The molecule has 0 aliphatic heterocycles. The summed E-state index contributed by atoms with van der Waals surface area (Å²) in [5, 5.41) is -0.149. The fourth-order valence-electron chi connectivity index (χ4n) is 1.04. The molecule has 1 aromatic rings. The Balaban J connectivity index is 3.09. The second-order valence-corrected chi connectivity index (χ2v) is 3.99. The summed E-state index contributed by atoms with van der Waals surface area (Å²) in [6.45, 7) is 0. The molecule has 0 amide bonds. The molecule has 88 valence electrons. The Morgan fingerprint density at radius 1 is 1.69 bits per heavy atom. The number of carbonyl (C=O) groups is 1. The Labute approximate surface area is 104 Å². The SMILES string of the molecule is COC(=O)Cc1cc(C(F)F)c(Cl)c(Br)n1. The van der Waals surface area contributed by atoms with Gasteiger partial charge in [-0.3, -0.25) is 4.79 Å². The van der Waals surface area contributed by atoms with Gasteiger partial charge >= 0.3 is 5.97 Å². The molecule has 0 saturated carbocycles. The van der Waals surface area contributed by atoms with Crippen LogP contribution >= 0.6 is 27.5 Å². The lowest BCUT2D eigenvalue weighted by Gasteiger charge is -2.07. The van der Waals surface area contributed by atoms with Crippen molar-refractivity contribution >= 4 is 33.5 Å². The van der Waals surface area contributed by atoms with Crippen molar-refractivity contribution in [3.05, 3.63) is 26.9 Å². The van der Waals surface area contributed by atoms with Gasteiger partial charge in [0.25, 0.3) is 6.43 Å². The van der Waals surface area contributed by atoms with Gasteiger partial charge in [0.1, 0.15) is 4.60 Å². The minimum Gasteiger partial charge on any atom is -0.469 e. The van der Waals surface area contributed by atoms with Crippen LogP contribution in [0.3, 0.4) is 0 Å². The molecular formula is C9H7BrClF2NO2. The van der Waals surface area contributed by atoms with E-state index in [1.807, 2.05) is 0 Å². The highest BCUT2D eigenvalue weighted by atomic mass is 79.9. The smallest absolute Gasteiger partial charge is 0.311 e. The second kappa shape index (κ2) is 5.54. The van der Waals surface area contributed by atoms with Crippen LogP contribution in [-0.2, 0) is 16.0 Å². The normalized spacial score (nSPS) is 10.6. The standard InChI is InChI=1S/C9H7BrClF2NO2/c1-16-6(15)3-4-2-5(9(12)13)7(11)8(10)14-4/h2,9H,3H2,1H3. The Kier molecular flexibility index (Phi) is 4.61. The van der Waals surface area contributed by atoms with E-state index >= 15 is 0 Å². The molecule has 0 bridgehead atoms. The summed E-state index contributed by atoms with van der Waals surface area (Å²) < 4.78 is 29.6. The van der Waals surface area contributed by atoms with Crippen molar-refractivity contribution in [1.29, 1.82) is 0 Å². The average molecular weight is 315 g/mol. The van der Waals surface area contributed by atoms with E-state index in [4.69, 9.17) is 11.6 Å². The lowest BCUT2D eigenvalue weighted by atomic mass is 10.2. The van der Waals surface area contributed by atoms with E-state index in [1.165, 1.54) is 7.11 Å². The van der Waals surface area contributed by atoms with Crippen LogP contribution in [0.5, 0.6) is 0 Å². The molecule has 0 N–H and O–H groups in total.